The molecule has 0 spiro atoms. The van der Waals surface area contributed by atoms with Crippen molar-refractivity contribution in [2.45, 2.75) is 59.3 Å². The van der Waals surface area contributed by atoms with E-state index in [0.717, 1.165) is 29.5 Å². The first-order chi connectivity index (χ1) is 15.5. The summed E-state index contributed by atoms with van der Waals surface area (Å²) in [6, 6.07) is 19.3. The van der Waals surface area contributed by atoms with Crippen molar-refractivity contribution < 1.29 is 8.78 Å². The van der Waals surface area contributed by atoms with Crippen LogP contribution in [0, 0.1) is 29.4 Å². The third-order valence-corrected chi connectivity index (χ3v) is 5.96. The lowest BCUT2D eigenvalue weighted by atomic mass is 9.97. The summed E-state index contributed by atoms with van der Waals surface area (Å²) in [4.78, 5) is 0. The highest BCUT2D eigenvalue weighted by Gasteiger charge is 2.11. The Morgan fingerprint density at radius 1 is 0.750 bits per heavy atom. The minimum atomic E-state index is -0.591. The summed E-state index contributed by atoms with van der Waals surface area (Å²) in [6.45, 7) is 6.37. The van der Waals surface area contributed by atoms with Crippen molar-refractivity contribution in [3.63, 3.8) is 0 Å². The van der Waals surface area contributed by atoms with Crippen molar-refractivity contribution in [3.05, 3.63) is 94.6 Å². The normalized spacial score (nSPS) is 11.7. The lowest BCUT2D eigenvalue weighted by Crippen LogP contribution is -2.01. The topological polar surface area (TPSA) is 0 Å². The van der Waals surface area contributed by atoms with Gasteiger partial charge in [0.05, 0.1) is 5.56 Å². The van der Waals surface area contributed by atoms with E-state index in [1.807, 2.05) is 24.3 Å². The minimum Gasteiger partial charge on any atom is -0.206 e. The molecule has 166 valence electrons. The Morgan fingerprint density at radius 2 is 1.34 bits per heavy atom. The van der Waals surface area contributed by atoms with Crippen LogP contribution in [0.2, 0.25) is 0 Å². The molecule has 0 saturated carbocycles. The van der Waals surface area contributed by atoms with Crippen LogP contribution < -0.4 is 0 Å². The number of unbranched alkanes of at least 4 members (excludes halogenated alkanes) is 2. The maximum Gasteiger partial charge on any atom is 0.142 e. The van der Waals surface area contributed by atoms with Gasteiger partial charge in [-0.1, -0.05) is 88.3 Å². The fourth-order valence-electron chi connectivity index (χ4n) is 3.73. The summed E-state index contributed by atoms with van der Waals surface area (Å²) in [6.07, 6.45) is 6.49. The Balaban J connectivity index is 1.70. The van der Waals surface area contributed by atoms with Gasteiger partial charge in [0.15, 0.2) is 0 Å². The van der Waals surface area contributed by atoms with Crippen molar-refractivity contribution in [2.75, 3.05) is 0 Å². The first-order valence-electron chi connectivity index (χ1n) is 11.7. The monoisotopic (exact) mass is 430 g/mol. The summed E-state index contributed by atoms with van der Waals surface area (Å²) in [5.74, 6) is 4.79. The lowest BCUT2D eigenvalue weighted by molar-refractivity contribution is 0.542. The fraction of sp³-hybridized carbons (Fsp3) is 0.333. The molecular formula is C30H32F2. The van der Waals surface area contributed by atoms with Gasteiger partial charge < -0.3 is 0 Å². The van der Waals surface area contributed by atoms with Gasteiger partial charge in [-0.2, -0.15) is 0 Å². The maximum atomic E-state index is 14.4. The highest BCUT2D eigenvalue weighted by Crippen LogP contribution is 2.22. The maximum absolute atomic E-state index is 14.4. The number of benzene rings is 3. The van der Waals surface area contributed by atoms with E-state index in [1.165, 1.54) is 37.0 Å². The van der Waals surface area contributed by atoms with E-state index in [-0.39, 0.29) is 5.56 Å². The fourth-order valence-corrected chi connectivity index (χ4v) is 3.73. The molecule has 32 heavy (non-hydrogen) atoms. The summed E-state index contributed by atoms with van der Waals surface area (Å²) in [7, 11) is 0. The average molecular weight is 431 g/mol. The molecule has 0 heterocycles. The summed E-state index contributed by atoms with van der Waals surface area (Å²) in [5, 5.41) is 0. The molecule has 0 radical (unpaired) electrons. The molecule has 0 fully saturated rings. The van der Waals surface area contributed by atoms with E-state index in [0.29, 0.717) is 17.9 Å². The molecular weight excluding hydrogens is 398 g/mol. The van der Waals surface area contributed by atoms with Gasteiger partial charge >= 0.3 is 0 Å². The molecule has 0 aliphatic heterocycles. The molecule has 2 heteroatoms. The van der Waals surface area contributed by atoms with Crippen molar-refractivity contribution in [2.24, 2.45) is 5.92 Å². The smallest absolute Gasteiger partial charge is 0.142 e. The summed E-state index contributed by atoms with van der Waals surface area (Å²) < 4.78 is 28.9. The quantitative estimate of drug-likeness (QED) is 0.249. The number of halogens is 2. The number of rotatable bonds is 8. The van der Waals surface area contributed by atoms with Crippen LogP contribution in [0.1, 0.15) is 68.7 Å². The van der Waals surface area contributed by atoms with Crippen LogP contribution in [0.3, 0.4) is 0 Å². The Bertz CT molecular complexity index is 1040. The SMILES string of the molecule is CCCCCc1ccc(-c2ccc(C#Cc3c(F)cc(C[C@@H](C)CC)cc3F)cc2)cc1. The predicted molar refractivity (Wildman–Crippen MR) is 131 cm³/mol. The van der Waals surface area contributed by atoms with Crippen LogP contribution in [-0.4, -0.2) is 0 Å². The van der Waals surface area contributed by atoms with Crippen molar-refractivity contribution >= 4 is 0 Å². The predicted octanol–water partition coefficient (Wildman–Crippen LogP) is 8.35. The van der Waals surface area contributed by atoms with E-state index in [4.69, 9.17) is 0 Å². The van der Waals surface area contributed by atoms with Gasteiger partial charge in [-0.3, -0.25) is 0 Å². The second-order valence-electron chi connectivity index (χ2n) is 8.63. The van der Waals surface area contributed by atoms with Crippen LogP contribution in [0.5, 0.6) is 0 Å². The first kappa shape index (κ1) is 23.7. The van der Waals surface area contributed by atoms with Crippen LogP contribution in [0.4, 0.5) is 8.78 Å². The van der Waals surface area contributed by atoms with Gasteiger partial charge in [-0.15, -0.1) is 0 Å². The van der Waals surface area contributed by atoms with Gasteiger partial charge in [0.25, 0.3) is 0 Å². The molecule has 0 saturated heterocycles. The van der Waals surface area contributed by atoms with E-state index < -0.39 is 11.6 Å². The van der Waals surface area contributed by atoms with E-state index in [1.54, 1.807) is 0 Å². The van der Waals surface area contributed by atoms with E-state index >= 15 is 0 Å². The van der Waals surface area contributed by atoms with Crippen LogP contribution in [0.15, 0.2) is 60.7 Å². The minimum absolute atomic E-state index is 0.166. The Labute approximate surface area is 191 Å². The molecule has 0 aromatic heterocycles. The summed E-state index contributed by atoms with van der Waals surface area (Å²) >= 11 is 0. The van der Waals surface area contributed by atoms with Crippen molar-refractivity contribution in [1.29, 1.82) is 0 Å². The first-order valence-corrected chi connectivity index (χ1v) is 11.7. The van der Waals surface area contributed by atoms with Crippen molar-refractivity contribution in [3.8, 4) is 23.0 Å². The standard InChI is InChI=1S/C30H32F2/c1-4-6-7-8-23-9-14-26(15-10-23)27-16-11-24(12-17-27)13-18-28-29(31)20-25(21-30(28)32)19-22(3)5-2/h9-12,14-17,20-22H,4-8,19H2,1-3H3/t22-/m0/s1. The Morgan fingerprint density at radius 3 is 1.91 bits per heavy atom. The molecule has 0 amide bonds. The summed E-state index contributed by atoms with van der Waals surface area (Å²) in [5.41, 5.74) is 4.86. The second-order valence-corrected chi connectivity index (χ2v) is 8.63. The molecule has 0 aliphatic rings. The average Bonchev–Trinajstić information content (AvgIpc) is 2.79. The second kappa shape index (κ2) is 11.6. The van der Waals surface area contributed by atoms with E-state index in [2.05, 4.69) is 56.9 Å². The lowest BCUT2D eigenvalue weighted by Gasteiger charge is -2.09. The zero-order chi connectivity index (χ0) is 22.9. The van der Waals surface area contributed by atoms with Crippen LogP contribution >= 0.6 is 0 Å². The van der Waals surface area contributed by atoms with Gasteiger partial charge in [0.1, 0.15) is 11.6 Å². The molecule has 3 aromatic carbocycles. The molecule has 3 aromatic rings. The van der Waals surface area contributed by atoms with E-state index in [9.17, 15) is 8.78 Å². The third-order valence-electron chi connectivity index (χ3n) is 5.96. The molecule has 3 rings (SSSR count). The van der Waals surface area contributed by atoms with Crippen LogP contribution in [-0.2, 0) is 12.8 Å². The largest absolute Gasteiger partial charge is 0.206 e. The van der Waals surface area contributed by atoms with Gasteiger partial charge in [-0.25, -0.2) is 8.78 Å². The number of hydrogen-bond acceptors (Lipinski definition) is 0. The van der Waals surface area contributed by atoms with Crippen molar-refractivity contribution in [1.82, 2.24) is 0 Å². The zero-order valence-electron chi connectivity index (χ0n) is 19.3. The van der Waals surface area contributed by atoms with Gasteiger partial charge in [0, 0.05) is 5.56 Å². The molecule has 0 nitrogen and oxygen atoms in total. The molecule has 0 N–H and O–H groups in total. The molecule has 1 atom stereocenters. The molecule has 0 bridgehead atoms. The van der Waals surface area contributed by atoms with Gasteiger partial charge in [0.2, 0.25) is 0 Å². The van der Waals surface area contributed by atoms with Gasteiger partial charge in [-0.05, 0) is 71.7 Å². The van der Waals surface area contributed by atoms with Crippen LogP contribution in [0.25, 0.3) is 11.1 Å². The highest BCUT2D eigenvalue weighted by molar-refractivity contribution is 5.64. The molecule has 0 unspecified atom stereocenters. The number of hydrogen-bond donors (Lipinski definition) is 0. The number of aryl methyl sites for hydroxylation is 1. The zero-order valence-corrected chi connectivity index (χ0v) is 19.3. The highest BCUT2D eigenvalue weighted by atomic mass is 19.1. The molecule has 0 aliphatic carbocycles. The Hall–Kier alpha value is -2.92. The third kappa shape index (κ3) is 6.54. The Kier molecular flexibility index (Phi) is 8.63.